The summed E-state index contributed by atoms with van der Waals surface area (Å²) >= 11 is 1.64. The van der Waals surface area contributed by atoms with E-state index in [1.807, 2.05) is 43.3 Å². The van der Waals surface area contributed by atoms with Gasteiger partial charge in [0.15, 0.2) is 0 Å². The minimum absolute atomic E-state index is 0.0901. The molecule has 0 saturated carbocycles. The fraction of sp³-hybridized carbons (Fsp3) is 0.417. The number of aliphatic carboxylic acids is 1. The summed E-state index contributed by atoms with van der Waals surface area (Å²) in [5.74, 6) is -0.153. The van der Waals surface area contributed by atoms with Crippen molar-refractivity contribution in [3.8, 4) is 0 Å². The molecule has 2 N–H and O–H groups in total. The Hall–Kier alpha value is -1.20. The Balaban J connectivity index is 2.06. The number of benzene rings is 1. The molecule has 92 valence electrons. The molecule has 0 spiro atoms. The van der Waals surface area contributed by atoms with Crippen molar-refractivity contribution in [2.45, 2.75) is 11.4 Å². The maximum Gasteiger partial charge on any atom is 0.321 e. The highest BCUT2D eigenvalue weighted by molar-refractivity contribution is 7.99. The van der Waals surface area contributed by atoms with Gasteiger partial charge in [0.1, 0.15) is 6.04 Å². The molecular formula is C12H16N2O2S. The van der Waals surface area contributed by atoms with Crippen LogP contribution in [0.3, 0.4) is 0 Å². The maximum atomic E-state index is 10.8. The molecule has 1 fully saturated rings. The van der Waals surface area contributed by atoms with Crippen LogP contribution in [0.15, 0.2) is 24.3 Å². The number of carboxylic acids is 1. The highest BCUT2D eigenvalue weighted by Crippen LogP contribution is 2.33. The zero-order valence-corrected chi connectivity index (χ0v) is 10.7. The highest BCUT2D eigenvalue weighted by Gasteiger charge is 2.30. The molecule has 1 aliphatic rings. The highest BCUT2D eigenvalue weighted by atomic mass is 32.2. The number of carbonyl (C=O) groups is 1. The van der Waals surface area contributed by atoms with Crippen molar-refractivity contribution in [2.24, 2.45) is 0 Å². The van der Waals surface area contributed by atoms with E-state index in [1.54, 1.807) is 11.8 Å². The molecule has 0 bridgehead atoms. The predicted octanol–water partition coefficient (Wildman–Crippen LogP) is 1.54. The van der Waals surface area contributed by atoms with Gasteiger partial charge in [-0.25, -0.2) is 0 Å². The average molecular weight is 252 g/mol. The molecule has 0 aliphatic carbocycles. The van der Waals surface area contributed by atoms with E-state index in [-0.39, 0.29) is 5.37 Å². The molecule has 1 saturated heterocycles. The van der Waals surface area contributed by atoms with Gasteiger partial charge in [-0.05, 0) is 17.7 Å². The van der Waals surface area contributed by atoms with E-state index in [2.05, 4.69) is 5.32 Å². The Labute approximate surface area is 105 Å². The largest absolute Gasteiger partial charge is 0.480 e. The van der Waals surface area contributed by atoms with E-state index < -0.39 is 12.0 Å². The molecule has 2 unspecified atom stereocenters. The summed E-state index contributed by atoms with van der Waals surface area (Å²) in [4.78, 5) is 12.9. The van der Waals surface area contributed by atoms with E-state index in [0.717, 1.165) is 11.3 Å². The van der Waals surface area contributed by atoms with Crippen molar-refractivity contribution >= 4 is 23.4 Å². The first-order valence-corrected chi connectivity index (χ1v) is 6.50. The monoisotopic (exact) mass is 252 g/mol. The van der Waals surface area contributed by atoms with E-state index in [9.17, 15) is 4.79 Å². The molecule has 5 heteroatoms. The second-order valence-electron chi connectivity index (χ2n) is 4.26. The summed E-state index contributed by atoms with van der Waals surface area (Å²) in [6, 6.07) is 7.75. The van der Waals surface area contributed by atoms with Crippen LogP contribution in [0.25, 0.3) is 0 Å². The molecular weight excluding hydrogens is 236 g/mol. The minimum Gasteiger partial charge on any atom is -0.480 e. The van der Waals surface area contributed by atoms with Crippen LogP contribution in [0.4, 0.5) is 5.69 Å². The maximum absolute atomic E-state index is 10.8. The number of carboxylic acid groups (broad SMARTS) is 1. The quantitative estimate of drug-likeness (QED) is 0.854. The smallest absolute Gasteiger partial charge is 0.321 e. The van der Waals surface area contributed by atoms with Crippen LogP contribution in [-0.4, -0.2) is 37.0 Å². The molecule has 2 atom stereocenters. The van der Waals surface area contributed by atoms with Gasteiger partial charge < -0.3 is 10.0 Å². The van der Waals surface area contributed by atoms with Crippen LogP contribution >= 0.6 is 11.8 Å². The normalized spacial score (nSPS) is 23.6. The van der Waals surface area contributed by atoms with Crippen LogP contribution in [0.5, 0.6) is 0 Å². The lowest BCUT2D eigenvalue weighted by Crippen LogP contribution is -2.33. The second-order valence-corrected chi connectivity index (χ2v) is 5.39. The van der Waals surface area contributed by atoms with Crippen LogP contribution in [0.2, 0.25) is 0 Å². The number of thioether (sulfide) groups is 1. The number of nitrogens with zero attached hydrogens (tertiary/aromatic N) is 1. The predicted molar refractivity (Wildman–Crippen MR) is 70.5 cm³/mol. The van der Waals surface area contributed by atoms with Gasteiger partial charge in [-0.1, -0.05) is 12.1 Å². The van der Waals surface area contributed by atoms with E-state index in [0.29, 0.717) is 5.75 Å². The molecule has 1 heterocycles. The Morgan fingerprint density at radius 1 is 1.41 bits per heavy atom. The SMILES string of the molecule is CN(C)c1ccc(C2NC(C(=O)O)CS2)cc1. The Bertz CT molecular complexity index is 405. The standard InChI is InChI=1S/C12H16N2O2S/c1-14(2)9-5-3-8(4-6-9)11-13-10(7-17-11)12(15)16/h3-6,10-11,13H,7H2,1-2H3,(H,15,16). The average Bonchev–Trinajstić information content (AvgIpc) is 2.78. The van der Waals surface area contributed by atoms with E-state index in [1.165, 1.54) is 0 Å². The Kier molecular flexibility index (Phi) is 3.59. The number of rotatable bonds is 3. The van der Waals surface area contributed by atoms with E-state index in [4.69, 9.17) is 5.11 Å². The lowest BCUT2D eigenvalue weighted by molar-refractivity contribution is -0.138. The first-order chi connectivity index (χ1) is 8.08. The summed E-state index contributed by atoms with van der Waals surface area (Å²) in [5.41, 5.74) is 2.27. The Morgan fingerprint density at radius 3 is 2.53 bits per heavy atom. The van der Waals surface area contributed by atoms with Gasteiger partial charge in [0.05, 0.1) is 5.37 Å². The molecule has 17 heavy (non-hydrogen) atoms. The first kappa shape index (κ1) is 12.3. The fourth-order valence-corrected chi connectivity index (χ4v) is 2.99. The van der Waals surface area contributed by atoms with Crippen LogP contribution in [0.1, 0.15) is 10.9 Å². The third-order valence-electron chi connectivity index (χ3n) is 2.79. The molecule has 2 rings (SSSR count). The van der Waals surface area contributed by atoms with Crippen molar-refractivity contribution in [3.63, 3.8) is 0 Å². The van der Waals surface area contributed by atoms with Gasteiger partial charge >= 0.3 is 5.97 Å². The summed E-state index contributed by atoms with van der Waals surface area (Å²) in [6.45, 7) is 0. The second kappa shape index (κ2) is 4.98. The van der Waals surface area contributed by atoms with Gasteiger partial charge in [0.25, 0.3) is 0 Å². The fourth-order valence-electron chi connectivity index (χ4n) is 1.75. The van der Waals surface area contributed by atoms with Crippen LogP contribution in [0, 0.1) is 0 Å². The molecule has 1 aromatic rings. The van der Waals surface area contributed by atoms with Gasteiger partial charge in [-0.15, -0.1) is 11.8 Å². The first-order valence-electron chi connectivity index (χ1n) is 5.45. The van der Waals surface area contributed by atoms with Gasteiger partial charge in [-0.2, -0.15) is 0 Å². The summed E-state index contributed by atoms with van der Waals surface area (Å²) in [5, 5.41) is 12.1. The number of hydrogen-bond acceptors (Lipinski definition) is 4. The molecule has 1 aliphatic heterocycles. The molecule has 0 amide bonds. The van der Waals surface area contributed by atoms with Gasteiger partial charge in [0, 0.05) is 25.5 Å². The lowest BCUT2D eigenvalue weighted by Gasteiger charge is -2.15. The third kappa shape index (κ3) is 2.73. The number of anilines is 1. The van der Waals surface area contributed by atoms with Gasteiger partial charge in [-0.3, -0.25) is 10.1 Å². The summed E-state index contributed by atoms with van der Waals surface area (Å²) in [7, 11) is 4.00. The summed E-state index contributed by atoms with van der Waals surface area (Å²) < 4.78 is 0. The van der Waals surface area contributed by atoms with Crippen molar-refractivity contribution in [2.75, 3.05) is 24.7 Å². The Morgan fingerprint density at radius 2 is 2.06 bits per heavy atom. The van der Waals surface area contributed by atoms with Crippen LogP contribution < -0.4 is 10.2 Å². The molecule has 0 aromatic heterocycles. The van der Waals surface area contributed by atoms with Crippen molar-refractivity contribution in [1.29, 1.82) is 0 Å². The number of nitrogens with one attached hydrogen (secondary N) is 1. The van der Waals surface area contributed by atoms with Crippen molar-refractivity contribution < 1.29 is 9.90 Å². The van der Waals surface area contributed by atoms with Gasteiger partial charge in [0.2, 0.25) is 0 Å². The topological polar surface area (TPSA) is 52.6 Å². The minimum atomic E-state index is -0.773. The zero-order valence-electron chi connectivity index (χ0n) is 9.88. The summed E-state index contributed by atoms with van der Waals surface area (Å²) in [6.07, 6.45) is 0. The van der Waals surface area contributed by atoms with Crippen molar-refractivity contribution in [3.05, 3.63) is 29.8 Å². The third-order valence-corrected chi connectivity index (χ3v) is 4.06. The molecule has 4 nitrogen and oxygen atoms in total. The molecule has 0 radical (unpaired) electrons. The van der Waals surface area contributed by atoms with E-state index >= 15 is 0 Å². The lowest BCUT2D eigenvalue weighted by atomic mass is 10.2. The number of hydrogen-bond donors (Lipinski definition) is 2. The van der Waals surface area contributed by atoms with Crippen molar-refractivity contribution in [1.82, 2.24) is 5.32 Å². The molecule has 1 aromatic carbocycles. The zero-order chi connectivity index (χ0) is 12.4. The van der Waals surface area contributed by atoms with Crippen LogP contribution in [-0.2, 0) is 4.79 Å².